The van der Waals surface area contributed by atoms with Crippen LogP contribution in [-0.2, 0) is 6.42 Å². The normalized spacial score (nSPS) is 12.5. The van der Waals surface area contributed by atoms with Crippen molar-refractivity contribution in [2.24, 2.45) is 5.73 Å². The maximum atomic E-state index is 6.25. The summed E-state index contributed by atoms with van der Waals surface area (Å²) in [7, 11) is 0. The van der Waals surface area contributed by atoms with Crippen LogP contribution in [0.3, 0.4) is 0 Å². The van der Waals surface area contributed by atoms with E-state index < -0.39 is 0 Å². The number of halogens is 3. The van der Waals surface area contributed by atoms with Gasteiger partial charge in [-0.25, -0.2) is 0 Å². The molecule has 0 amide bonds. The van der Waals surface area contributed by atoms with Gasteiger partial charge in [0.15, 0.2) is 0 Å². The standard InChI is InChI=1S/C15H14Cl3N/c1-9-6-11(16)3-4-12(9)15(19)8-10-2-5-13(17)14(18)7-10/h2-7,15H,8,19H2,1H3. The summed E-state index contributed by atoms with van der Waals surface area (Å²) in [6, 6.07) is 11.3. The second-order valence-corrected chi connectivity index (χ2v) is 5.81. The van der Waals surface area contributed by atoms with Gasteiger partial charge >= 0.3 is 0 Å². The molecule has 0 aliphatic carbocycles. The van der Waals surface area contributed by atoms with E-state index in [1.807, 2.05) is 37.3 Å². The fourth-order valence-corrected chi connectivity index (χ4v) is 2.63. The molecule has 0 radical (unpaired) electrons. The van der Waals surface area contributed by atoms with Crippen LogP contribution < -0.4 is 5.73 Å². The average molecular weight is 315 g/mol. The lowest BCUT2D eigenvalue weighted by Gasteiger charge is -2.15. The highest BCUT2D eigenvalue weighted by atomic mass is 35.5. The number of aryl methyl sites for hydroxylation is 1. The number of benzene rings is 2. The largest absolute Gasteiger partial charge is 0.324 e. The highest BCUT2D eigenvalue weighted by Crippen LogP contribution is 2.26. The molecule has 2 N–H and O–H groups in total. The first-order valence-electron chi connectivity index (χ1n) is 5.93. The molecule has 1 unspecified atom stereocenters. The van der Waals surface area contributed by atoms with E-state index in [-0.39, 0.29) is 6.04 Å². The number of hydrogen-bond donors (Lipinski definition) is 1. The van der Waals surface area contributed by atoms with Crippen LogP contribution in [0.15, 0.2) is 36.4 Å². The predicted molar refractivity (Wildman–Crippen MR) is 83.3 cm³/mol. The van der Waals surface area contributed by atoms with Crippen LogP contribution >= 0.6 is 34.8 Å². The smallest absolute Gasteiger partial charge is 0.0595 e. The third kappa shape index (κ3) is 3.64. The van der Waals surface area contributed by atoms with E-state index in [1.54, 1.807) is 6.07 Å². The van der Waals surface area contributed by atoms with Gasteiger partial charge in [-0.05, 0) is 54.3 Å². The van der Waals surface area contributed by atoms with Crippen molar-refractivity contribution in [1.82, 2.24) is 0 Å². The maximum Gasteiger partial charge on any atom is 0.0595 e. The third-order valence-corrected chi connectivity index (χ3v) is 4.05. The number of nitrogens with two attached hydrogens (primary N) is 1. The Kier molecular flexibility index (Phi) is 4.75. The minimum absolute atomic E-state index is 0.0884. The van der Waals surface area contributed by atoms with Gasteiger partial charge in [-0.2, -0.15) is 0 Å². The van der Waals surface area contributed by atoms with Crippen molar-refractivity contribution in [2.75, 3.05) is 0 Å². The molecule has 1 atom stereocenters. The lowest BCUT2D eigenvalue weighted by Crippen LogP contribution is -2.14. The molecule has 1 nitrogen and oxygen atoms in total. The first kappa shape index (κ1) is 14.7. The molecule has 2 rings (SSSR count). The molecule has 0 heterocycles. The Morgan fingerprint density at radius 3 is 2.37 bits per heavy atom. The summed E-state index contributed by atoms with van der Waals surface area (Å²) in [6.07, 6.45) is 0.708. The van der Waals surface area contributed by atoms with Gasteiger partial charge in [0.05, 0.1) is 10.0 Å². The van der Waals surface area contributed by atoms with Gasteiger partial charge in [-0.1, -0.05) is 46.9 Å². The van der Waals surface area contributed by atoms with Gasteiger partial charge < -0.3 is 5.73 Å². The molecule has 2 aromatic carbocycles. The van der Waals surface area contributed by atoms with Crippen LogP contribution in [0.1, 0.15) is 22.7 Å². The minimum Gasteiger partial charge on any atom is -0.324 e. The second kappa shape index (κ2) is 6.15. The Hall–Kier alpha value is -0.730. The third-order valence-electron chi connectivity index (χ3n) is 3.07. The Morgan fingerprint density at radius 2 is 1.74 bits per heavy atom. The highest BCUT2D eigenvalue weighted by molar-refractivity contribution is 6.42. The minimum atomic E-state index is -0.0884. The molecule has 0 saturated heterocycles. The summed E-state index contributed by atoms with van der Waals surface area (Å²) in [5, 5.41) is 1.84. The van der Waals surface area contributed by atoms with E-state index in [9.17, 15) is 0 Å². The Bertz CT molecular complexity index is 596. The lowest BCUT2D eigenvalue weighted by atomic mass is 9.96. The Balaban J connectivity index is 2.20. The van der Waals surface area contributed by atoms with Crippen molar-refractivity contribution < 1.29 is 0 Å². The highest BCUT2D eigenvalue weighted by Gasteiger charge is 2.11. The zero-order chi connectivity index (χ0) is 14.0. The zero-order valence-corrected chi connectivity index (χ0v) is 12.7. The SMILES string of the molecule is Cc1cc(Cl)ccc1C(N)Cc1ccc(Cl)c(Cl)c1. The predicted octanol–water partition coefficient (Wildman–Crippen LogP) is 5.20. The molecule has 19 heavy (non-hydrogen) atoms. The summed E-state index contributed by atoms with van der Waals surface area (Å²) in [6.45, 7) is 2.01. The van der Waals surface area contributed by atoms with Crippen molar-refractivity contribution in [1.29, 1.82) is 0 Å². The lowest BCUT2D eigenvalue weighted by molar-refractivity contribution is 0.717. The van der Waals surface area contributed by atoms with Crippen LogP contribution in [0.2, 0.25) is 15.1 Å². The van der Waals surface area contributed by atoms with E-state index >= 15 is 0 Å². The van der Waals surface area contributed by atoms with E-state index in [0.29, 0.717) is 16.5 Å². The van der Waals surface area contributed by atoms with E-state index in [2.05, 4.69) is 0 Å². The van der Waals surface area contributed by atoms with Crippen molar-refractivity contribution in [3.8, 4) is 0 Å². The molecule has 0 fully saturated rings. The zero-order valence-electron chi connectivity index (χ0n) is 10.5. The molecule has 0 aliphatic rings. The fraction of sp³-hybridized carbons (Fsp3) is 0.200. The van der Waals surface area contributed by atoms with Crippen LogP contribution in [0.4, 0.5) is 0 Å². The summed E-state index contributed by atoms with van der Waals surface area (Å²) in [5.41, 5.74) is 9.50. The number of rotatable bonds is 3. The van der Waals surface area contributed by atoms with Crippen molar-refractivity contribution >= 4 is 34.8 Å². The average Bonchev–Trinajstić information content (AvgIpc) is 2.33. The first-order valence-corrected chi connectivity index (χ1v) is 7.06. The molecular formula is C15H14Cl3N. The molecule has 2 aromatic rings. The maximum absolute atomic E-state index is 6.25. The first-order chi connectivity index (χ1) is 8.97. The molecule has 4 heteroatoms. The van der Waals surface area contributed by atoms with Crippen molar-refractivity contribution in [2.45, 2.75) is 19.4 Å². The fourth-order valence-electron chi connectivity index (χ4n) is 2.09. The van der Waals surface area contributed by atoms with E-state index in [4.69, 9.17) is 40.5 Å². The van der Waals surface area contributed by atoms with Gasteiger partial charge in [0.2, 0.25) is 0 Å². The van der Waals surface area contributed by atoms with Gasteiger partial charge in [0, 0.05) is 11.1 Å². The van der Waals surface area contributed by atoms with Gasteiger partial charge in [0.25, 0.3) is 0 Å². The Morgan fingerprint density at radius 1 is 1.00 bits per heavy atom. The van der Waals surface area contributed by atoms with Crippen molar-refractivity contribution in [3.05, 3.63) is 68.2 Å². The quantitative estimate of drug-likeness (QED) is 0.828. The molecule has 0 bridgehead atoms. The summed E-state index contributed by atoms with van der Waals surface area (Å²) < 4.78 is 0. The summed E-state index contributed by atoms with van der Waals surface area (Å²) in [5.74, 6) is 0. The van der Waals surface area contributed by atoms with Crippen LogP contribution in [-0.4, -0.2) is 0 Å². The molecule has 0 aliphatic heterocycles. The topological polar surface area (TPSA) is 26.0 Å². The van der Waals surface area contributed by atoms with Gasteiger partial charge in [0.1, 0.15) is 0 Å². The molecule has 0 saturated carbocycles. The molecule has 0 aromatic heterocycles. The van der Waals surface area contributed by atoms with Crippen LogP contribution in [0.25, 0.3) is 0 Å². The van der Waals surface area contributed by atoms with E-state index in [0.717, 1.165) is 21.7 Å². The Labute approximate surface area is 128 Å². The monoisotopic (exact) mass is 313 g/mol. The van der Waals surface area contributed by atoms with Crippen LogP contribution in [0, 0.1) is 6.92 Å². The van der Waals surface area contributed by atoms with Crippen molar-refractivity contribution in [3.63, 3.8) is 0 Å². The summed E-state index contributed by atoms with van der Waals surface area (Å²) in [4.78, 5) is 0. The van der Waals surface area contributed by atoms with Crippen LogP contribution in [0.5, 0.6) is 0 Å². The van der Waals surface area contributed by atoms with Gasteiger partial charge in [-0.3, -0.25) is 0 Å². The number of hydrogen-bond acceptors (Lipinski definition) is 1. The molecule has 100 valence electrons. The van der Waals surface area contributed by atoms with E-state index in [1.165, 1.54) is 0 Å². The summed E-state index contributed by atoms with van der Waals surface area (Å²) >= 11 is 17.9. The molecule has 0 spiro atoms. The van der Waals surface area contributed by atoms with Gasteiger partial charge in [-0.15, -0.1) is 0 Å². The molecular weight excluding hydrogens is 301 g/mol. The second-order valence-electron chi connectivity index (χ2n) is 4.56.